The highest BCUT2D eigenvalue weighted by atomic mass is 16.2. The Morgan fingerprint density at radius 1 is 1.43 bits per heavy atom. The highest BCUT2D eigenvalue weighted by Gasteiger charge is 2.25. The lowest BCUT2D eigenvalue weighted by atomic mass is 10.2. The van der Waals surface area contributed by atoms with Crippen LogP contribution in [0.2, 0.25) is 0 Å². The number of carbonyl (C=O) groups excluding carboxylic acids is 1. The summed E-state index contributed by atoms with van der Waals surface area (Å²) in [5, 5.41) is 2.87. The molecule has 1 aromatic rings. The second-order valence-electron chi connectivity index (χ2n) is 3.63. The van der Waals surface area contributed by atoms with Crippen LogP contribution < -0.4 is 5.32 Å². The molecule has 1 unspecified atom stereocenters. The number of hydrogen-bond acceptors (Lipinski definition) is 2. The van der Waals surface area contributed by atoms with Gasteiger partial charge in [-0.05, 0) is 12.5 Å². The highest BCUT2D eigenvalue weighted by Crippen LogP contribution is 2.09. The fraction of sp³-hybridized carbons (Fsp3) is 0.364. The Morgan fingerprint density at radius 3 is 2.71 bits per heavy atom. The van der Waals surface area contributed by atoms with Crippen molar-refractivity contribution in [1.82, 2.24) is 10.2 Å². The predicted molar refractivity (Wildman–Crippen MR) is 54.5 cm³/mol. The lowest BCUT2D eigenvalue weighted by Crippen LogP contribution is -2.32. The molecule has 3 nitrogen and oxygen atoms in total. The molecule has 0 bridgehead atoms. The van der Waals surface area contributed by atoms with E-state index in [2.05, 4.69) is 22.3 Å². The van der Waals surface area contributed by atoms with E-state index in [4.69, 9.17) is 0 Å². The van der Waals surface area contributed by atoms with Crippen LogP contribution >= 0.6 is 0 Å². The lowest BCUT2D eigenvalue weighted by molar-refractivity contribution is -0.118. The van der Waals surface area contributed by atoms with Gasteiger partial charge < -0.3 is 5.32 Å². The Bertz CT molecular complexity index is 323. The van der Waals surface area contributed by atoms with Crippen LogP contribution in [0.15, 0.2) is 30.3 Å². The Morgan fingerprint density at radius 2 is 2.14 bits per heavy atom. The molecule has 1 fully saturated rings. The Kier molecular flexibility index (Phi) is 2.50. The van der Waals surface area contributed by atoms with Crippen LogP contribution in [-0.2, 0) is 11.3 Å². The van der Waals surface area contributed by atoms with E-state index in [-0.39, 0.29) is 12.1 Å². The molecule has 0 aromatic heterocycles. The van der Waals surface area contributed by atoms with Crippen LogP contribution in [0.1, 0.15) is 12.5 Å². The van der Waals surface area contributed by atoms with Gasteiger partial charge in [-0.1, -0.05) is 30.3 Å². The number of carbonyl (C=O) groups is 1. The Labute approximate surface area is 83.7 Å². The zero-order valence-corrected chi connectivity index (χ0v) is 8.23. The normalized spacial score (nSPS) is 22.4. The van der Waals surface area contributed by atoms with Gasteiger partial charge in [0.25, 0.3) is 0 Å². The summed E-state index contributed by atoms with van der Waals surface area (Å²) in [6.45, 7) is 3.35. The maximum Gasteiger partial charge on any atom is 0.235 e. The van der Waals surface area contributed by atoms with E-state index < -0.39 is 0 Å². The van der Waals surface area contributed by atoms with E-state index >= 15 is 0 Å². The standard InChI is InChI=1S/C11H14N2O/c1-9-12-11(14)8-13(9)7-10-5-3-2-4-6-10/h2-6,9H,7-8H2,1H3,(H,12,14). The molecule has 0 spiro atoms. The molecule has 1 aliphatic rings. The molecule has 2 rings (SSSR count). The van der Waals surface area contributed by atoms with Gasteiger partial charge in [-0.25, -0.2) is 0 Å². The summed E-state index contributed by atoms with van der Waals surface area (Å²) in [7, 11) is 0. The van der Waals surface area contributed by atoms with Gasteiger partial charge in [-0.15, -0.1) is 0 Å². The van der Waals surface area contributed by atoms with Crippen LogP contribution in [-0.4, -0.2) is 23.5 Å². The maximum absolute atomic E-state index is 11.1. The van der Waals surface area contributed by atoms with Crippen LogP contribution in [0, 0.1) is 0 Å². The minimum atomic E-state index is 0.119. The van der Waals surface area contributed by atoms with Crippen molar-refractivity contribution in [3.8, 4) is 0 Å². The molecule has 1 amide bonds. The van der Waals surface area contributed by atoms with Crippen molar-refractivity contribution in [2.24, 2.45) is 0 Å². The highest BCUT2D eigenvalue weighted by molar-refractivity contribution is 5.80. The first-order valence-corrected chi connectivity index (χ1v) is 4.83. The number of nitrogens with one attached hydrogen (secondary N) is 1. The molecule has 1 saturated heterocycles. The van der Waals surface area contributed by atoms with Gasteiger partial charge in [-0.2, -0.15) is 0 Å². The van der Waals surface area contributed by atoms with Gasteiger partial charge in [0.1, 0.15) is 0 Å². The van der Waals surface area contributed by atoms with Gasteiger partial charge >= 0.3 is 0 Å². The third-order valence-electron chi connectivity index (χ3n) is 2.49. The van der Waals surface area contributed by atoms with Gasteiger partial charge in [0.2, 0.25) is 5.91 Å². The number of rotatable bonds is 2. The third-order valence-corrected chi connectivity index (χ3v) is 2.49. The second-order valence-corrected chi connectivity index (χ2v) is 3.63. The Hall–Kier alpha value is -1.35. The van der Waals surface area contributed by atoms with Crippen LogP contribution in [0.3, 0.4) is 0 Å². The molecular weight excluding hydrogens is 176 g/mol. The fourth-order valence-electron chi connectivity index (χ4n) is 1.70. The fourth-order valence-corrected chi connectivity index (χ4v) is 1.70. The molecule has 74 valence electrons. The summed E-state index contributed by atoms with van der Waals surface area (Å²) in [5.41, 5.74) is 1.25. The molecule has 1 atom stereocenters. The summed E-state index contributed by atoms with van der Waals surface area (Å²) in [5.74, 6) is 0.119. The molecule has 0 aliphatic carbocycles. The van der Waals surface area contributed by atoms with Crippen molar-refractivity contribution in [1.29, 1.82) is 0 Å². The molecule has 1 N–H and O–H groups in total. The molecule has 14 heavy (non-hydrogen) atoms. The van der Waals surface area contributed by atoms with Crippen molar-refractivity contribution < 1.29 is 4.79 Å². The van der Waals surface area contributed by atoms with Gasteiger partial charge in [0, 0.05) is 6.54 Å². The van der Waals surface area contributed by atoms with E-state index in [1.54, 1.807) is 0 Å². The van der Waals surface area contributed by atoms with Gasteiger partial charge in [-0.3, -0.25) is 9.69 Å². The van der Waals surface area contributed by atoms with E-state index in [0.29, 0.717) is 6.54 Å². The minimum Gasteiger partial charge on any atom is -0.340 e. The number of nitrogens with zero attached hydrogens (tertiary/aromatic N) is 1. The third kappa shape index (κ3) is 1.93. The first-order valence-electron chi connectivity index (χ1n) is 4.83. The summed E-state index contributed by atoms with van der Waals surface area (Å²) in [4.78, 5) is 13.2. The van der Waals surface area contributed by atoms with Crippen LogP contribution in [0.25, 0.3) is 0 Å². The van der Waals surface area contributed by atoms with E-state index in [0.717, 1.165) is 6.54 Å². The van der Waals surface area contributed by atoms with Crippen molar-refractivity contribution in [2.75, 3.05) is 6.54 Å². The van der Waals surface area contributed by atoms with Crippen molar-refractivity contribution in [3.63, 3.8) is 0 Å². The average molecular weight is 190 g/mol. The molecule has 3 heteroatoms. The smallest absolute Gasteiger partial charge is 0.235 e. The second kappa shape index (κ2) is 3.80. The van der Waals surface area contributed by atoms with Crippen molar-refractivity contribution in [2.45, 2.75) is 19.6 Å². The molecule has 1 aliphatic heterocycles. The van der Waals surface area contributed by atoms with Crippen molar-refractivity contribution in [3.05, 3.63) is 35.9 Å². The first-order chi connectivity index (χ1) is 6.75. The number of hydrogen-bond donors (Lipinski definition) is 1. The summed E-state index contributed by atoms with van der Waals surface area (Å²) in [6.07, 6.45) is 0.155. The zero-order chi connectivity index (χ0) is 9.97. The van der Waals surface area contributed by atoms with Crippen molar-refractivity contribution >= 4 is 5.91 Å². The van der Waals surface area contributed by atoms with Crippen LogP contribution in [0.4, 0.5) is 0 Å². The largest absolute Gasteiger partial charge is 0.340 e. The summed E-state index contributed by atoms with van der Waals surface area (Å²) in [6, 6.07) is 10.2. The maximum atomic E-state index is 11.1. The van der Waals surface area contributed by atoms with Crippen LogP contribution in [0.5, 0.6) is 0 Å². The topological polar surface area (TPSA) is 32.3 Å². The zero-order valence-electron chi connectivity index (χ0n) is 8.23. The SMILES string of the molecule is CC1NC(=O)CN1Cc1ccccc1. The van der Waals surface area contributed by atoms with E-state index in [1.165, 1.54) is 5.56 Å². The molecular formula is C11H14N2O. The molecule has 1 heterocycles. The summed E-state index contributed by atoms with van der Waals surface area (Å²) >= 11 is 0. The van der Waals surface area contributed by atoms with E-state index in [1.807, 2.05) is 25.1 Å². The average Bonchev–Trinajstić information content (AvgIpc) is 2.47. The Balaban J connectivity index is 2.02. The first kappa shape index (κ1) is 9.21. The van der Waals surface area contributed by atoms with Gasteiger partial charge in [0.15, 0.2) is 0 Å². The molecule has 1 aromatic carbocycles. The number of amides is 1. The lowest BCUT2D eigenvalue weighted by Gasteiger charge is -2.18. The quantitative estimate of drug-likeness (QED) is 0.753. The monoisotopic (exact) mass is 190 g/mol. The van der Waals surface area contributed by atoms with E-state index in [9.17, 15) is 4.79 Å². The summed E-state index contributed by atoms with van der Waals surface area (Å²) < 4.78 is 0. The predicted octanol–water partition coefficient (Wildman–Crippen LogP) is 0.964. The number of benzene rings is 1. The minimum absolute atomic E-state index is 0.119. The van der Waals surface area contributed by atoms with Gasteiger partial charge in [0.05, 0.1) is 12.7 Å². The molecule has 0 radical (unpaired) electrons. The molecule has 0 saturated carbocycles.